The average Bonchev–Trinajstić information content (AvgIpc) is 2.38. The zero-order valence-electron chi connectivity index (χ0n) is 12.8. The number of anilines is 1. The van der Waals surface area contributed by atoms with E-state index in [1.165, 1.54) is 0 Å². The molecule has 0 saturated heterocycles. The molecule has 1 aromatic carbocycles. The highest BCUT2D eigenvalue weighted by Crippen LogP contribution is 2.17. The van der Waals surface area contributed by atoms with Crippen LogP contribution in [0.2, 0.25) is 0 Å². The number of carbonyl (C=O) groups excluding carboxylic acids is 1. The third-order valence-corrected chi connectivity index (χ3v) is 3.46. The van der Waals surface area contributed by atoms with Crippen molar-refractivity contribution in [1.82, 2.24) is 5.32 Å². The molecule has 4 heteroatoms. The lowest BCUT2D eigenvalue weighted by Gasteiger charge is -2.18. The lowest BCUT2D eigenvalue weighted by molar-refractivity contribution is 0.199. The van der Waals surface area contributed by atoms with Crippen LogP contribution >= 0.6 is 0 Å². The van der Waals surface area contributed by atoms with Crippen LogP contribution in [0.15, 0.2) is 24.3 Å². The molecule has 3 unspecified atom stereocenters. The fourth-order valence-electron chi connectivity index (χ4n) is 2.10. The van der Waals surface area contributed by atoms with Gasteiger partial charge in [0, 0.05) is 11.7 Å². The van der Waals surface area contributed by atoms with Gasteiger partial charge in [0.15, 0.2) is 0 Å². The van der Waals surface area contributed by atoms with Gasteiger partial charge in [-0.2, -0.15) is 0 Å². The molecule has 0 radical (unpaired) electrons. The molecule has 0 heterocycles. The topological polar surface area (TPSA) is 61.4 Å². The predicted molar refractivity (Wildman–Crippen MR) is 82.8 cm³/mol. The molecule has 0 bridgehead atoms. The number of aliphatic hydroxyl groups is 1. The summed E-state index contributed by atoms with van der Waals surface area (Å²) >= 11 is 0. The fraction of sp³-hybridized carbons (Fsp3) is 0.562. The number of nitrogens with one attached hydrogen (secondary N) is 2. The molecule has 0 aliphatic carbocycles. The van der Waals surface area contributed by atoms with Crippen LogP contribution in [0.5, 0.6) is 0 Å². The first-order valence-corrected chi connectivity index (χ1v) is 7.27. The van der Waals surface area contributed by atoms with Gasteiger partial charge >= 0.3 is 6.03 Å². The van der Waals surface area contributed by atoms with Gasteiger partial charge in [-0.15, -0.1) is 0 Å². The Labute approximate surface area is 121 Å². The van der Waals surface area contributed by atoms with Crippen molar-refractivity contribution in [2.24, 2.45) is 5.92 Å². The van der Waals surface area contributed by atoms with Gasteiger partial charge in [-0.05, 0) is 43.9 Å². The molecule has 2 amide bonds. The number of benzene rings is 1. The Hall–Kier alpha value is -1.55. The first kappa shape index (κ1) is 16.5. The maximum absolute atomic E-state index is 11.9. The number of hydrogen-bond donors (Lipinski definition) is 3. The quantitative estimate of drug-likeness (QED) is 0.743. The Bertz CT molecular complexity index is 432. The SMILES string of the molecule is CCC(C)CC(C)NC(=O)Nc1cccc(C(C)O)c1. The van der Waals surface area contributed by atoms with Crippen molar-refractivity contribution in [2.75, 3.05) is 5.32 Å². The van der Waals surface area contributed by atoms with Crippen LogP contribution in [0.1, 0.15) is 52.2 Å². The molecule has 1 aromatic rings. The van der Waals surface area contributed by atoms with Gasteiger partial charge in [-0.25, -0.2) is 4.79 Å². The third kappa shape index (κ3) is 5.61. The second-order valence-corrected chi connectivity index (χ2v) is 5.55. The fourth-order valence-corrected chi connectivity index (χ4v) is 2.10. The van der Waals surface area contributed by atoms with Crippen molar-refractivity contribution in [3.05, 3.63) is 29.8 Å². The van der Waals surface area contributed by atoms with Gasteiger partial charge in [0.1, 0.15) is 0 Å². The monoisotopic (exact) mass is 278 g/mol. The van der Waals surface area contributed by atoms with Gasteiger partial charge in [-0.1, -0.05) is 32.4 Å². The molecule has 0 aliphatic heterocycles. The van der Waals surface area contributed by atoms with Gasteiger partial charge in [0.05, 0.1) is 6.10 Å². The van der Waals surface area contributed by atoms with E-state index in [1.807, 2.05) is 25.1 Å². The van der Waals surface area contributed by atoms with E-state index in [2.05, 4.69) is 24.5 Å². The number of urea groups is 1. The maximum atomic E-state index is 11.9. The van der Waals surface area contributed by atoms with Crippen molar-refractivity contribution in [2.45, 2.75) is 52.7 Å². The normalized spacial score (nSPS) is 15.2. The lowest BCUT2D eigenvalue weighted by Crippen LogP contribution is -2.37. The Morgan fingerprint density at radius 1 is 1.30 bits per heavy atom. The molecule has 112 valence electrons. The molecule has 4 nitrogen and oxygen atoms in total. The minimum absolute atomic E-state index is 0.143. The molecule has 0 aliphatic rings. The standard InChI is InChI=1S/C16H26N2O2/c1-5-11(2)9-12(3)17-16(20)18-15-8-6-7-14(10-15)13(4)19/h6-8,10-13,19H,5,9H2,1-4H3,(H2,17,18,20). The number of aliphatic hydroxyl groups excluding tert-OH is 1. The van der Waals surface area contributed by atoms with Crippen molar-refractivity contribution < 1.29 is 9.90 Å². The van der Waals surface area contributed by atoms with E-state index in [4.69, 9.17) is 0 Å². The van der Waals surface area contributed by atoms with Crippen LogP contribution in [0, 0.1) is 5.92 Å². The summed E-state index contributed by atoms with van der Waals surface area (Å²) in [4.78, 5) is 11.9. The Morgan fingerprint density at radius 3 is 2.60 bits per heavy atom. The molecule has 1 rings (SSSR count). The molecule has 0 aromatic heterocycles. The van der Waals surface area contributed by atoms with E-state index in [0.29, 0.717) is 11.6 Å². The minimum atomic E-state index is -0.538. The van der Waals surface area contributed by atoms with E-state index >= 15 is 0 Å². The summed E-state index contributed by atoms with van der Waals surface area (Å²) in [7, 11) is 0. The van der Waals surface area contributed by atoms with E-state index in [-0.39, 0.29) is 12.1 Å². The van der Waals surface area contributed by atoms with Gasteiger partial charge < -0.3 is 15.7 Å². The van der Waals surface area contributed by atoms with Crippen LogP contribution < -0.4 is 10.6 Å². The highest BCUT2D eigenvalue weighted by Gasteiger charge is 2.11. The van der Waals surface area contributed by atoms with Crippen LogP contribution in [0.3, 0.4) is 0 Å². The molecule has 0 spiro atoms. The summed E-state index contributed by atoms with van der Waals surface area (Å²) in [6.07, 6.45) is 1.55. The van der Waals surface area contributed by atoms with Crippen LogP contribution in [0.4, 0.5) is 10.5 Å². The van der Waals surface area contributed by atoms with Crippen molar-refractivity contribution in [1.29, 1.82) is 0 Å². The van der Waals surface area contributed by atoms with E-state index < -0.39 is 6.10 Å². The van der Waals surface area contributed by atoms with Crippen LogP contribution in [-0.2, 0) is 0 Å². The minimum Gasteiger partial charge on any atom is -0.389 e. The Morgan fingerprint density at radius 2 is 2.00 bits per heavy atom. The summed E-state index contributed by atoms with van der Waals surface area (Å²) < 4.78 is 0. The highest BCUT2D eigenvalue weighted by atomic mass is 16.3. The number of carbonyl (C=O) groups is 1. The van der Waals surface area contributed by atoms with Gasteiger partial charge in [0.2, 0.25) is 0 Å². The third-order valence-electron chi connectivity index (χ3n) is 3.46. The second-order valence-electron chi connectivity index (χ2n) is 5.55. The first-order chi connectivity index (χ1) is 9.42. The number of rotatable bonds is 6. The smallest absolute Gasteiger partial charge is 0.319 e. The average molecular weight is 278 g/mol. The van der Waals surface area contributed by atoms with E-state index in [9.17, 15) is 9.90 Å². The van der Waals surface area contributed by atoms with Crippen molar-refractivity contribution in [3.8, 4) is 0 Å². The summed E-state index contributed by atoms with van der Waals surface area (Å²) in [5.41, 5.74) is 1.48. The molecule has 0 saturated carbocycles. The first-order valence-electron chi connectivity index (χ1n) is 7.27. The summed E-state index contributed by atoms with van der Waals surface area (Å²) in [6, 6.07) is 7.18. The molecular formula is C16H26N2O2. The maximum Gasteiger partial charge on any atom is 0.319 e. The van der Waals surface area contributed by atoms with Crippen molar-refractivity contribution in [3.63, 3.8) is 0 Å². The number of amides is 2. The summed E-state index contributed by atoms with van der Waals surface area (Å²) in [6.45, 7) is 8.05. The zero-order valence-corrected chi connectivity index (χ0v) is 12.8. The van der Waals surface area contributed by atoms with Gasteiger partial charge in [-0.3, -0.25) is 0 Å². The van der Waals surface area contributed by atoms with E-state index in [0.717, 1.165) is 18.4 Å². The molecule has 0 fully saturated rings. The van der Waals surface area contributed by atoms with Crippen molar-refractivity contribution >= 4 is 11.7 Å². The predicted octanol–water partition coefficient (Wildman–Crippen LogP) is 3.69. The lowest BCUT2D eigenvalue weighted by atomic mass is 10.0. The molecule has 3 N–H and O–H groups in total. The highest BCUT2D eigenvalue weighted by molar-refractivity contribution is 5.89. The van der Waals surface area contributed by atoms with Crippen LogP contribution in [0.25, 0.3) is 0 Å². The van der Waals surface area contributed by atoms with E-state index in [1.54, 1.807) is 13.0 Å². The zero-order chi connectivity index (χ0) is 15.1. The molecular weight excluding hydrogens is 252 g/mol. The molecule has 3 atom stereocenters. The summed E-state index contributed by atoms with van der Waals surface area (Å²) in [5, 5.41) is 15.3. The Balaban J connectivity index is 2.52. The van der Waals surface area contributed by atoms with Crippen LogP contribution in [-0.4, -0.2) is 17.2 Å². The number of hydrogen-bond acceptors (Lipinski definition) is 2. The molecule has 20 heavy (non-hydrogen) atoms. The van der Waals surface area contributed by atoms with Gasteiger partial charge in [0.25, 0.3) is 0 Å². The largest absolute Gasteiger partial charge is 0.389 e. The summed E-state index contributed by atoms with van der Waals surface area (Å²) in [5.74, 6) is 0.601. The second kappa shape index (κ2) is 7.90. The Kier molecular flexibility index (Phi) is 6.52.